The summed E-state index contributed by atoms with van der Waals surface area (Å²) in [6, 6.07) is 6.31. The first-order chi connectivity index (χ1) is 13.4. The van der Waals surface area contributed by atoms with Crippen LogP contribution in [0.1, 0.15) is 83.1 Å². The molecule has 1 saturated carbocycles. The zero-order valence-electron chi connectivity index (χ0n) is 16.9. The lowest BCUT2D eigenvalue weighted by molar-refractivity contribution is -0.274. The van der Waals surface area contributed by atoms with Crippen LogP contribution in [-0.4, -0.2) is 6.36 Å². The molecule has 1 unspecified atom stereocenters. The van der Waals surface area contributed by atoms with Gasteiger partial charge in [0.15, 0.2) is 0 Å². The first kappa shape index (κ1) is 21.3. The van der Waals surface area contributed by atoms with E-state index in [9.17, 15) is 13.2 Å². The van der Waals surface area contributed by atoms with Crippen LogP contribution in [-0.2, 0) is 0 Å². The standard InChI is InChI=1S/C24H33F3O/c1-2-3-4-5-18-6-8-19(9-7-18)20-10-12-21(13-11-20)22-14-16-23(17-15-22)28-24(25,26)27/h12,14-20H,2-11,13H2,1H3. The van der Waals surface area contributed by atoms with Crippen molar-refractivity contribution in [3.05, 3.63) is 35.9 Å². The average molecular weight is 395 g/mol. The summed E-state index contributed by atoms with van der Waals surface area (Å²) in [6.45, 7) is 2.27. The number of unbranched alkanes of at least 4 members (excludes halogenated alkanes) is 2. The quantitative estimate of drug-likeness (QED) is 0.424. The zero-order chi connectivity index (χ0) is 20.0. The third-order valence-corrected chi connectivity index (χ3v) is 6.68. The van der Waals surface area contributed by atoms with Gasteiger partial charge in [0, 0.05) is 0 Å². The molecule has 1 aromatic carbocycles. The molecular weight excluding hydrogens is 361 g/mol. The lowest BCUT2D eigenvalue weighted by Crippen LogP contribution is -2.23. The molecule has 1 atom stereocenters. The lowest BCUT2D eigenvalue weighted by atomic mass is 9.70. The number of allylic oxidation sites excluding steroid dienone is 2. The van der Waals surface area contributed by atoms with Crippen molar-refractivity contribution in [3.63, 3.8) is 0 Å². The fourth-order valence-corrected chi connectivity index (χ4v) is 5.05. The fourth-order valence-electron chi connectivity index (χ4n) is 5.05. The SMILES string of the molecule is CCCCCC1CCC(C2CC=C(c3ccc(OC(F)(F)F)cc3)CC2)CC1. The number of benzene rings is 1. The highest BCUT2D eigenvalue weighted by Crippen LogP contribution is 2.42. The van der Waals surface area contributed by atoms with E-state index in [0.29, 0.717) is 0 Å². The van der Waals surface area contributed by atoms with Gasteiger partial charge in [-0.2, -0.15) is 0 Å². The van der Waals surface area contributed by atoms with E-state index in [2.05, 4.69) is 17.7 Å². The molecule has 0 spiro atoms. The molecule has 1 fully saturated rings. The van der Waals surface area contributed by atoms with E-state index in [-0.39, 0.29) is 5.75 Å². The Morgan fingerprint density at radius 2 is 1.64 bits per heavy atom. The molecule has 0 aliphatic heterocycles. The van der Waals surface area contributed by atoms with Gasteiger partial charge in [0.2, 0.25) is 0 Å². The van der Waals surface area contributed by atoms with Gasteiger partial charge in [-0.3, -0.25) is 0 Å². The Bertz CT molecular complexity index is 624. The third-order valence-electron chi connectivity index (χ3n) is 6.68. The number of halogens is 3. The Labute approximate surface area is 167 Å². The molecule has 0 bridgehead atoms. The van der Waals surface area contributed by atoms with E-state index in [1.807, 2.05) is 0 Å². The fraction of sp³-hybridized carbons (Fsp3) is 0.667. The predicted octanol–water partition coefficient (Wildman–Crippen LogP) is 8.16. The number of rotatable bonds is 7. The predicted molar refractivity (Wildman–Crippen MR) is 108 cm³/mol. The van der Waals surface area contributed by atoms with Gasteiger partial charge in [0.1, 0.15) is 5.75 Å². The second-order valence-electron chi connectivity index (χ2n) is 8.61. The minimum atomic E-state index is -4.63. The molecule has 4 heteroatoms. The van der Waals surface area contributed by atoms with E-state index in [1.54, 1.807) is 12.1 Å². The van der Waals surface area contributed by atoms with Gasteiger partial charge in [0.05, 0.1) is 0 Å². The Kier molecular flexibility index (Phi) is 7.48. The highest BCUT2D eigenvalue weighted by atomic mass is 19.4. The van der Waals surface area contributed by atoms with Crippen molar-refractivity contribution in [1.82, 2.24) is 0 Å². The topological polar surface area (TPSA) is 9.23 Å². The number of ether oxygens (including phenoxy) is 1. The van der Waals surface area contributed by atoms with E-state index in [4.69, 9.17) is 0 Å². The minimum absolute atomic E-state index is 0.152. The first-order valence-electron chi connectivity index (χ1n) is 11.0. The summed E-state index contributed by atoms with van der Waals surface area (Å²) in [6.07, 6.45) is 12.1. The number of alkyl halides is 3. The molecule has 0 radical (unpaired) electrons. The Balaban J connectivity index is 1.47. The van der Waals surface area contributed by atoms with Gasteiger partial charge in [-0.05, 0) is 73.1 Å². The Morgan fingerprint density at radius 3 is 2.21 bits per heavy atom. The van der Waals surface area contributed by atoms with Crippen molar-refractivity contribution in [2.45, 2.75) is 83.9 Å². The number of hydrogen-bond acceptors (Lipinski definition) is 1. The van der Waals surface area contributed by atoms with Gasteiger partial charge in [-0.25, -0.2) is 0 Å². The van der Waals surface area contributed by atoms with Crippen LogP contribution < -0.4 is 4.74 Å². The normalized spacial score (nSPS) is 26.0. The van der Waals surface area contributed by atoms with Gasteiger partial charge >= 0.3 is 6.36 Å². The van der Waals surface area contributed by atoms with Crippen LogP contribution >= 0.6 is 0 Å². The second-order valence-corrected chi connectivity index (χ2v) is 8.61. The van der Waals surface area contributed by atoms with Crippen molar-refractivity contribution in [2.75, 3.05) is 0 Å². The van der Waals surface area contributed by atoms with Gasteiger partial charge in [-0.1, -0.05) is 63.7 Å². The molecule has 1 aromatic rings. The van der Waals surface area contributed by atoms with Gasteiger partial charge in [-0.15, -0.1) is 13.2 Å². The van der Waals surface area contributed by atoms with E-state index >= 15 is 0 Å². The lowest BCUT2D eigenvalue weighted by Gasteiger charge is -2.35. The second kappa shape index (κ2) is 9.84. The molecule has 156 valence electrons. The van der Waals surface area contributed by atoms with Crippen molar-refractivity contribution in [3.8, 4) is 5.75 Å². The first-order valence-corrected chi connectivity index (χ1v) is 11.0. The van der Waals surface area contributed by atoms with Crippen LogP contribution in [0.5, 0.6) is 5.75 Å². The summed E-state index contributed by atoms with van der Waals surface area (Å²) in [5.41, 5.74) is 2.29. The van der Waals surface area contributed by atoms with E-state index in [0.717, 1.165) is 36.2 Å². The molecule has 0 aromatic heterocycles. The molecular formula is C24H33F3O. The molecule has 2 aliphatic rings. The molecule has 0 heterocycles. The maximum Gasteiger partial charge on any atom is 0.573 e. The summed E-state index contributed by atoms with van der Waals surface area (Å²) in [7, 11) is 0. The van der Waals surface area contributed by atoms with Crippen molar-refractivity contribution in [2.24, 2.45) is 17.8 Å². The van der Waals surface area contributed by atoms with Crippen LogP contribution in [0.2, 0.25) is 0 Å². The van der Waals surface area contributed by atoms with Crippen LogP contribution in [0, 0.1) is 17.8 Å². The van der Waals surface area contributed by atoms with E-state index in [1.165, 1.54) is 75.5 Å². The van der Waals surface area contributed by atoms with Gasteiger partial charge in [0.25, 0.3) is 0 Å². The summed E-state index contributed by atoms with van der Waals surface area (Å²) in [5.74, 6) is 2.45. The van der Waals surface area contributed by atoms with Crippen molar-refractivity contribution >= 4 is 5.57 Å². The maximum atomic E-state index is 12.3. The maximum absolute atomic E-state index is 12.3. The molecule has 2 aliphatic carbocycles. The molecule has 28 heavy (non-hydrogen) atoms. The largest absolute Gasteiger partial charge is 0.573 e. The van der Waals surface area contributed by atoms with Gasteiger partial charge < -0.3 is 4.74 Å². The zero-order valence-corrected chi connectivity index (χ0v) is 16.9. The van der Waals surface area contributed by atoms with Crippen LogP contribution in [0.3, 0.4) is 0 Å². The van der Waals surface area contributed by atoms with Crippen LogP contribution in [0.4, 0.5) is 13.2 Å². The summed E-state index contributed by atoms with van der Waals surface area (Å²) < 4.78 is 40.8. The monoisotopic (exact) mass is 394 g/mol. The minimum Gasteiger partial charge on any atom is -0.406 e. The van der Waals surface area contributed by atoms with Crippen molar-refractivity contribution < 1.29 is 17.9 Å². The highest BCUT2D eigenvalue weighted by Gasteiger charge is 2.31. The highest BCUT2D eigenvalue weighted by molar-refractivity contribution is 5.66. The van der Waals surface area contributed by atoms with Crippen molar-refractivity contribution in [1.29, 1.82) is 0 Å². The molecule has 0 saturated heterocycles. The Hall–Kier alpha value is -1.45. The van der Waals surface area contributed by atoms with Crippen LogP contribution in [0.25, 0.3) is 5.57 Å². The summed E-state index contributed by atoms with van der Waals surface area (Å²) in [4.78, 5) is 0. The number of hydrogen-bond donors (Lipinski definition) is 0. The Morgan fingerprint density at radius 1 is 0.929 bits per heavy atom. The average Bonchev–Trinajstić information content (AvgIpc) is 2.68. The van der Waals surface area contributed by atoms with Crippen LogP contribution in [0.15, 0.2) is 30.3 Å². The molecule has 1 nitrogen and oxygen atoms in total. The van der Waals surface area contributed by atoms with E-state index < -0.39 is 6.36 Å². The third kappa shape index (κ3) is 6.28. The summed E-state index contributed by atoms with van der Waals surface area (Å²) in [5, 5.41) is 0. The molecule has 0 N–H and O–H groups in total. The molecule has 3 rings (SSSR count). The summed E-state index contributed by atoms with van der Waals surface area (Å²) >= 11 is 0. The molecule has 0 amide bonds. The smallest absolute Gasteiger partial charge is 0.406 e.